The maximum absolute atomic E-state index is 12.1. The fourth-order valence-electron chi connectivity index (χ4n) is 2.12. The number of carbonyl (C=O) groups is 1. The molecule has 1 aliphatic heterocycles. The Labute approximate surface area is 115 Å². The van der Waals surface area contributed by atoms with E-state index in [2.05, 4.69) is 5.32 Å². The second-order valence-electron chi connectivity index (χ2n) is 5.44. The van der Waals surface area contributed by atoms with E-state index in [1.165, 1.54) is 4.31 Å². The number of aliphatic hydroxyl groups is 1. The molecule has 1 rings (SSSR count). The summed E-state index contributed by atoms with van der Waals surface area (Å²) >= 11 is 0. The summed E-state index contributed by atoms with van der Waals surface area (Å²) in [5, 5.41) is 12.3. The third kappa shape index (κ3) is 4.74. The van der Waals surface area contributed by atoms with E-state index in [1.807, 2.05) is 13.8 Å². The highest BCUT2D eigenvalue weighted by Gasteiger charge is 2.34. The Morgan fingerprint density at radius 1 is 1.42 bits per heavy atom. The summed E-state index contributed by atoms with van der Waals surface area (Å²) < 4.78 is 24.5. The van der Waals surface area contributed by atoms with Crippen LogP contribution in [0.3, 0.4) is 0 Å². The summed E-state index contributed by atoms with van der Waals surface area (Å²) in [4.78, 5) is 12.1. The van der Waals surface area contributed by atoms with E-state index in [1.54, 1.807) is 0 Å². The number of hydrogen-bond donors (Lipinski definition) is 2. The van der Waals surface area contributed by atoms with Gasteiger partial charge in [0.15, 0.2) is 0 Å². The van der Waals surface area contributed by atoms with Gasteiger partial charge in [0.25, 0.3) is 0 Å². The molecule has 7 heteroatoms. The van der Waals surface area contributed by atoms with E-state index in [9.17, 15) is 18.3 Å². The number of sulfonamides is 1. The van der Waals surface area contributed by atoms with Gasteiger partial charge in [-0.3, -0.25) is 4.79 Å². The minimum absolute atomic E-state index is 0.0534. The first-order chi connectivity index (χ1) is 8.73. The predicted molar refractivity (Wildman–Crippen MR) is 73.0 cm³/mol. The van der Waals surface area contributed by atoms with E-state index in [-0.39, 0.29) is 18.4 Å². The van der Waals surface area contributed by atoms with Crippen molar-refractivity contribution in [3.63, 3.8) is 0 Å². The van der Waals surface area contributed by atoms with Crippen LogP contribution >= 0.6 is 0 Å². The molecule has 0 radical (unpaired) electrons. The summed E-state index contributed by atoms with van der Waals surface area (Å²) in [6.07, 6.45) is 2.68. The minimum atomic E-state index is -3.36. The molecule has 1 heterocycles. The molecule has 1 aliphatic rings. The van der Waals surface area contributed by atoms with Gasteiger partial charge in [-0.05, 0) is 18.8 Å². The summed E-state index contributed by atoms with van der Waals surface area (Å²) in [6, 6.07) is -0.636. The number of piperidine rings is 1. The lowest BCUT2D eigenvalue weighted by Gasteiger charge is -2.32. The normalized spacial score (nSPS) is 23.3. The van der Waals surface area contributed by atoms with Gasteiger partial charge >= 0.3 is 0 Å². The van der Waals surface area contributed by atoms with Crippen LogP contribution in [0.5, 0.6) is 0 Å². The van der Waals surface area contributed by atoms with Crippen molar-refractivity contribution in [2.45, 2.75) is 45.3 Å². The zero-order chi connectivity index (χ0) is 14.6. The number of rotatable bonds is 5. The molecule has 1 fully saturated rings. The van der Waals surface area contributed by atoms with Crippen LogP contribution in [0.4, 0.5) is 0 Å². The summed E-state index contributed by atoms with van der Waals surface area (Å²) in [5.41, 5.74) is 0. The predicted octanol–water partition coefficient (Wildman–Crippen LogP) is -0.0664. The number of aliphatic hydroxyl groups excluding tert-OH is 1. The molecule has 0 spiro atoms. The molecular weight excluding hydrogens is 268 g/mol. The first-order valence-corrected chi connectivity index (χ1v) is 8.51. The molecule has 1 amide bonds. The fraction of sp³-hybridized carbons (Fsp3) is 0.917. The van der Waals surface area contributed by atoms with Gasteiger partial charge in [-0.15, -0.1) is 0 Å². The number of nitrogens with one attached hydrogen (secondary N) is 1. The molecule has 2 atom stereocenters. The third-order valence-electron chi connectivity index (χ3n) is 3.44. The molecule has 1 saturated heterocycles. The van der Waals surface area contributed by atoms with Crippen molar-refractivity contribution >= 4 is 15.9 Å². The van der Waals surface area contributed by atoms with Gasteiger partial charge in [0.05, 0.1) is 12.4 Å². The molecule has 0 aromatic heterocycles. The van der Waals surface area contributed by atoms with Gasteiger partial charge in [0.2, 0.25) is 15.9 Å². The lowest BCUT2D eigenvalue weighted by atomic mass is 10.0. The van der Waals surface area contributed by atoms with Crippen molar-refractivity contribution in [1.29, 1.82) is 0 Å². The van der Waals surface area contributed by atoms with E-state index >= 15 is 0 Å². The van der Waals surface area contributed by atoms with Crippen molar-refractivity contribution in [3.05, 3.63) is 0 Å². The molecule has 6 nitrogen and oxygen atoms in total. The molecule has 112 valence electrons. The third-order valence-corrected chi connectivity index (χ3v) is 4.73. The second kappa shape index (κ2) is 6.67. The molecule has 0 bridgehead atoms. The average Bonchev–Trinajstić information content (AvgIpc) is 2.34. The largest absolute Gasteiger partial charge is 0.391 e. The van der Waals surface area contributed by atoms with Crippen molar-refractivity contribution in [3.8, 4) is 0 Å². The quantitative estimate of drug-likeness (QED) is 0.743. The van der Waals surface area contributed by atoms with Crippen LogP contribution in [-0.2, 0) is 14.8 Å². The summed E-state index contributed by atoms with van der Waals surface area (Å²) in [7, 11) is -3.36. The van der Waals surface area contributed by atoms with Crippen LogP contribution in [0, 0.1) is 5.92 Å². The molecule has 2 N–H and O–H groups in total. The van der Waals surface area contributed by atoms with E-state index in [4.69, 9.17) is 0 Å². The maximum Gasteiger partial charge on any atom is 0.238 e. The van der Waals surface area contributed by atoms with Gasteiger partial charge in [0, 0.05) is 13.1 Å². The Balaban J connectivity index is 2.63. The molecule has 0 saturated carbocycles. The number of hydrogen-bond acceptors (Lipinski definition) is 4. The lowest BCUT2D eigenvalue weighted by Crippen LogP contribution is -2.52. The second-order valence-corrected chi connectivity index (χ2v) is 7.38. The monoisotopic (exact) mass is 292 g/mol. The highest BCUT2D eigenvalue weighted by Crippen LogP contribution is 2.19. The Morgan fingerprint density at radius 3 is 2.58 bits per heavy atom. The first kappa shape index (κ1) is 16.4. The van der Waals surface area contributed by atoms with Crippen molar-refractivity contribution in [2.24, 2.45) is 5.92 Å². The van der Waals surface area contributed by atoms with Gasteiger partial charge in [-0.1, -0.05) is 20.3 Å². The van der Waals surface area contributed by atoms with Crippen LogP contribution < -0.4 is 5.32 Å². The van der Waals surface area contributed by atoms with E-state index < -0.39 is 22.2 Å². The fourth-order valence-corrected chi connectivity index (χ4v) is 3.25. The number of amides is 1. The van der Waals surface area contributed by atoms with Crippen molar-refractivity contribution in [2.75, 3.05) is 19.3 Å². The molecule has 0 aromatic carbocycles. The topological polar surface area (TPSA) is 86.7 Å². The van der Waals surface area contributed by atoms with E-state index in [0.717, 1.165) is 19.1 Å². The first-order valence-electron chi connectivity index (χ1n) is 6.66. The summed E-state index contributed by atoms with van der Waals surface area (Å²) in [6.45, 7) is 4.27. The standard InChI is InChI=1S/C12H24N2O4S/c1-9(2)11(15)8-13-12(16)10-6-4-5-7-14(10)19(3,17)18/h9-11,15H,4-8H2,1-3H3,(H,13,16). The summed E-state index contributed by atoms with van der Waals surface area (Å²) in [5.74, 6) is -0.262. The molecule has 19 heavy (non-hydrogen) atoms. The molecule has 0 aromatic rings. The lowest BCUT2D eigenvalue weighted by molar-refractivity contribution is -0.126. The zero-order valence-corrected chi connectivity index (χ0v) is 12.6. The Kier molecular flexibility index (Phi) is 5.76. The van der Waals surface area contributed by atoms with Crippen molar-refractivity contribution in [1.82, 2.24) is 9.62 Å². The van der Waals surface area contributed by atoms with Crippen LogP contribution in [0.25, 0.3) is 0 Å². The zero-order valence-electron chi connectivity index (χ0n) is 11.8. The molecular formula is C12H24N2O4S. The smallest absolute Gasteiger partial charge is 0.238 e. The number of nitrogens with zero attached hydrogens (tertiary/aromatic N) is 1. The van der Waals surface area contributed by atoms with Crippen LogP contribution in [-0.4, -0.2) is 55.2 Å². The van der Waals surface area contributed by atoms with Crippen LogP contribution in [0.2, 0.25) is 0 Å². The van der Waals surface area contributed by atoms with E-state index in [0.29, 0.717) is 13.0 Å². The number of carbonyl (C=O) groups excluding carboxylic acids is 1. The van der Waals surface area contributed by atoms with Crippen LogP contribution in [0.15, 0.2) is 0 Å². The minimum Gasteiger partial charge on any atom is -0.391 e. The molecule has 2 unspecified atom stereocenters. The average molecular weight is 292 g/mol. The maximum atomic E-state index is 12.1. The highest BCUT2D eigenvalue weighted by atomic mass is 32.2. The Bertz CT molecular complexity index is 408. The Hall–Kier alpha value is -0.660. The highest BCUT2D eigenvalue weighted by molar-refractivity contribution is 7.88. The van der Waals surface area contributed by atoms with Crippen molar-refractivity contribution < 1.29 is 18.3 Å². The van der Waals surface area contributed by atoms with Crippen LogP contribution in [0.1, 0.15) is 33.1 Å². The SMILES string of the molecule is CC(C)C(O)CNC(=O)C1CCCCN1S(C)(=O)=O. The van der Waals surface area contributed by atoms with Gasteiger partial charge in [-0.2, -0.15) is 4.31 Å². The van der Waals surface area contributed by atoms with Gasteiger partial charge in [-0.25, -0.2) is 8.42 Å². The Morgan fingerprint density at radius 2 is 2.05 bits per heavy atom. The van der Waals surface area contributed by atoms with Gasteiger partial charge < -0.3 is 10.4 Å². The molecule has 0 aliphatic carbocycles. The van der Waals surface area contributed by atoms with Gasteiger partial charge in [0.1, 0.15) is 6.04 Å².